The van der Waals surface area contributed by atoms with Gasteiger partial charge in [-0.05, 0) is 28.5 Å². The number of benzene rings is 3. The van der Waals surface area contributed by atoms with Crippen LogP contribution >= 0.6 is 0 Å². The van der Waals surface area contributed by atoms with E-state index in [-0.39, 0.29) is 5.41 Å². The van der Waals surface area contributed by atoms with E-state index in [9.17, 15) is 0 Å². The second kappa shape index (κ2) is 5.00. The Morgan fingerprint density at radius 2 is 1.44 bits per heavy atom. The standard InChI is InChI=1S/C23H18N2/c1-23(2)19-13-17-11-7-6-10-16(17)12-18(19)21-20(23)14-24-22(25-21)15-8-4-3-5-9-15/h3-14H,1-2H3. The summed E-state index contributed by atoms with van der Waals surface area (Å²) in [6, 6.07) is 23.3. The molecule has 0 saturated carbocycles. The number of fused-ring (bicyclic) bond motifs is 4. The summed E-state index contributed by atoms with van der Waals surface area (Å²) < 4.78 is 0. The van der Waals surface area contributed by atoms with E-state index in [1.165, 1.54) is 27.5 Å². The molecule has 1 aromatic heterocycles. The lowest BCUT2D eigenvalue weighted by molar-refractivity contribution is 0.656. The number of rotatable bonds is 1. The molecule has 0 unspecified atom stereocenters. The molecule has 0 radical (unpaired) electrons. The number of hydrogen-bond donors (Lipinski definition) is 0. The van der Waals surface area contributed by atoms with Gasteiger partial charge >= 0.3 is 0 Å². The van der Waals surface area contributed by atoms with E-state index in [0.29, 0.717) is 0 Å². The zero-order chi connectivity index (χ0) is 17.0. The molecule has 0 bridgehead atoms. The van der Waals surface area contributed by atoms with Crippen LogP contribution < -0.4 is 0 Å². The Labute approximate surface area is 147 Å². The van der Waals surface area contributed by atoms with Crippen LogP contribution in [0.2, 0.25) is 0 Å². The third-order valence-corrected chi connectivity index (χ3v) is 5.31. The molecule has 1 aliphatic rings. The Morgan fingerprint density at radius 3 is 2.20 bits per heavy atom. The highest BCUT2D eigenvalue weighted by atomic mass is 14.9. The van der Waals surface area contributed by atoms with Crippen molar-refractivity contribution < 1.29 is 0 Å². The van der Waals surface area contributed by atoms with Gasteiger partial charge in [-0.25, -0.2) is 9.97 Å². The Kier molecular flexibility index (Phi) is 2.87. The lowest BCUT2D eigenvalue weighted by atomic mass is 9.82. The van der Waals surface area contributed by atoms with Gasteiger partial charge in [0.1, 0.15) is 0 Å². The Hall–Kier alpha value is -3.00. The van der Waals surface area contributed by atoms with Crippen molar-refractivity contribution in [3.8, 4) is 22.6 Å². The lowest BCUT2D eigenvalue weighted by Gasteiger charge is -2.21. The van der Waals surface area contributed by atoms with E-state index in [1.54, 1.807) is 0 Å². The van der Waals surface area contributed by atoms with Gasteiger partial charge in [-0.2, -0.15) is 0 Å². The van der Waals surface area contributed by atoms with Crippen LogP contribution in [0.5, 0.6) is 0 Å². The van der Waals surface area contributed by atoms with Crippen molar-refractivity contribution in [2.45, 2.75) is 19.3 Å². The summed E-state index contributed by atoms with van der Waals surface area (Å²) in [7, 11) is 0. The highest BCUT2D eigenvalue weighted by Gasteiger charge is 2.37. The molecule has 0 N–H and O–H groups in total. The van der Waals surface area contributed by atoms with Gasteiger partial charge in [0.2, 0.25) is 0 Å². The molecule has 120 valence electrons. The maximum Gasteiger partial charge on any atom is 0.159 e. The molecule has 0 atom stereocenters. The van der Waals surface area contributed by atoms with E-state index in [2.05, 4.69) is 67.4 Å². The van der Waals surface area contributed by atoms with Gasteiger partial charge in [0.05, 0.1) is 5.69 Å². The van der Waals surface area contributed by atoms with Crippen LogP contribution in [0.1, 0.15) is 25.0 Å². The maximum atomic E-state index is 4.96. The van der Waals surface area contributed by atoms with Crippen LogP contribution in [0, 0.1) is 0 Å². The second-order valence-corrected chi connectivity index (χ2v) is 7.19. The first kappa shape index (κ1) is 14.4. The van der Waals surface area contributed by atoms with Gasteiger partial charge in [0.25, 0.3) is 0 Å². The molecule has 4 aromatic rings. The molecule has 25 heavy (non-hydrogen) atoms. The van der Waals surface area contributed by atoms with Crippen molar-refractivity contribution in [1.82, 2.24) is 9.97 Å². The van der Waals surface area contributed by atoms with Gasteiger partial charge in [-0.1, -0.05) is 68.4 Å². The third kappa shape index (κ3) is 2.04. The summed E-state index contributed by atoms with van der Waals surface area (Å²) >= 11 is 0. The van der Waals surface area contributed by atoms with E-state index >= 15 is 0 Å². The highest BCUT2D eigenvalue weighted by molar-refractivity contribution is 5.92. The summed E-state index contributed by atoms with van der Waals surface area (Å²) in [5.41, 5.74) is 5.82. The molecule has 0 saturated heterocycles. The summed E-state index contributed by atoms with van der Waals surface area (Å²) in [5.74, 6) is 0.788. The molecule has 3 aromatic carbocycles. The minimum absolute atomic E-state index is 0.0794. The minimum Gasteiger partial charge on any atom is -0.236 e. The highest BCUT2D eigenvalue weighted by Crippen LogP contribution is 2.48. The molecule has 2 heteroatoms. The summed E-state index contributed by atoms with van der Waals surface area (Å²) in [5, 5.41) is 2.53. The molecular formula is C23H18N2. The minimum atomic E-state index is -0.0794. The summed E-state index contributed by atoms with van der Waals surface area (Å²) in [6.07, 6.45) is 2.01. The van der Waals surface area contributed by atoms with Crippen molar-refractivity contribution in [3.63, 3.8) is 0 Å². The van der Waals surface area contributed by atoms with Crippen molar-refractivity contribution in [2.24, 2.45) is 0 Å². The van der Waals surface area contributed by atoms with Crippen molar-refractivity contribution in [2.75, 3.05) is 0 Å². The average Bonchev–Trinajstić information content (AvgIpc) is 2.87. The van der Waals surface area contributed by atoms with Crippen LogP contribution in [-0.4, -0.2) is 9.97 Å². The Balaban J connectivity index is 1.79. The van der Waals surface area contributed by atoms with Crippen LogP contribution in [0.15, 0.2) is 72.9 Å². The SMILES string of the molecule is CC1(C)c2cc3ccccc3cc2-c2nc(-c3ccccc3)ncc21. The van der Waals surface area contributed by atoms with E-state index < -0.39 is 0 Å². The number of nitrogens with zero attached hydrogens (tertiary/aromatic N) is 2. The first-order chi connectivity index (χ1) is 12.1. The predicted molar refractivity (Wildman–Crippen MR) is 103 cm³/mol. The molecule has 0 spiro atoms. The molecule has 0 aliphatic heterocycles. The second-order valence-electron chi connectivity index (χ2n) is 7.19. The van der Waals surface area contributed by atoms with Crippen molar-refractivity contribution in [3.05, 3.63) is 84.1 Å². The van der Waals surface area contributed by atoms with E-state index in [0.717, 1.165) is 17.1 Å². The van der Waals surface area contributed by atoms with Crippen LogP contribution in [-0.2, 0) is 5.41 Å². The Morgan fingerprint density at radius 1 is 0.760 bits per heavy atom. The maximum absolute atomic E-state index is 4.96. The van der Waals surface area contributed by atoms with Crippen molar-refractivity contribution in [1.29, 1.82) is 0 Å². The van der Waals surface area contributed by atoms with Crippen LogP contribution in [0.3, 0.4) is 0 Å². The van der Waals surface area contributed by atoms with Gasteiger partial charge in [0.15, 0.2) is 5.82 Å². The van der Waals surface area contributed by atoms with Crippen molar-refractivity contribution >= 4 is 10.8 Å². The van der Waals surface area contributed by atoms with E-state index in [1.807, 2.05) is 24.4 Å². The largest absolute Gasteiger partial charge is 0.236 e. The first-order valence-electron chi connectivity index (χ1n) is 8.61. The van der Waals surface area contributed by atoms with Gasteiger partial charge < -0.3 is 0 Å². The molecule has 1 aliphatic carbocycles. The molecular weight excluding hydrogens is 304 g/mol. The topological polar surface area (TPSA) is 25.8 Å². The molecule has 0 fully saturated rings. The first-order valence-corrected chi connectivity index (χ1v) is 8.61. The zero-order valence-corrected chi connectivity index (χ0v) is 14.3. The fraction of sp³-hybridized carbons (Fsp3) is 0.130. The predicted octanol–water partition coefficient (Wildman–Crippen LogP) is 5.60. The third-order valence-electron chi connectivity index (χ3n) is 5.31. The van der Waals surface area contributed by atoms with Gasteiger partial charge in [0, 0.05) is 28.3 Å². The van der Waals surface area contributed by atoms with Gasteiger partial charge in [-0.15, -0.1) is 0 Å². The smallest absolute Gasteiger partial charge is 0.159 e. The average molecular weight is 322 g/mol. The van der Waals surface area contributed by atoms with E-state index in [4.69, 9.17) is 4.98 Å². The molecule has 0 amide bonds. The van der Waals surface area contributed by atoms with Crippen LogP contribution in [0.25, 0.3) is 33.4 Å². The number of aromatic nitrogens is 2. The molecule has 1 heterocycles. The van der Waals surface area contributed by atoms with Crippen LogP contribution in [0.4, 0.5) is 0 Å². The summed E-state index contributed by atoms with van der Waals surface area (Å²) in [4.78, 5) is 9.61. The summed E-state index contributed by atoms with van der Waals surface area (Å²) in [6.45, 7) is 4.52. The number of hydrogen-bond acceptors (Lipinski definition) is 2. The zero-order valence-electron chi connectivity index (χ0n) is 14.3. The fourth-order valence-electron chi connectivity index (χ4n) is 3.87. The lowest BCUT2D eigenvalue weighted by Crippen LogP contribution is -2.15. The van der Waals surface area contributed by atoms with Gasteiger partial charge in [-0.3, -0.25) is 0 Å². The monoisotopic (exact) mass is 322 g/mol. The molecule has 2 nitrogen and oxygen atoms in total. The normalized spacial score (nSPS) is 14.3. The fourth-order valence-corrected chi connectivity index (χ4v) is 3.87. The molecule has 5 rings (SSSR count). The quantitative estimate of drug-likeness (QED) is 0.455. The Bertz CT molecular complexity index is 1110.